The topological polar surface area (TPSA) is 15.3 Å². The Labute approximate surface area is 102 Å². The monoisotopic (exact) mass is 236 g/mol. The van der Waals surface area contributed by atoms with E-state index in [2.05, 4.69) is 34.3 Å². The number of hydrogen-bond donors (Lipinski definition) is 1. The molecule has 1 aliphatic rings. The number of allylic oxidation sites excluding steroid dienone is 1. The summed E-state index contributed by atoms with van der Waals surface area (Å²) in [4.78, 5) is 4.11. The lowest BCUT2D eigenvalue weighted by molar-refractivity contribution is 0.168. The summed E-state index contributed by atoms with van der Waals surface area (Å²) in [6.07, 6.45) is 4.33. The van der Waals surface area contributed by atoms with Gasteiger partial charge in [-0.25, -0.2) is 0 Å². The average Bonchev–Trinajstić information content (AvgIpc) is 2.85. The SMILES string of the molecule is C=CCC[C@H](c1cccs1)N1CCNCC1. The summed E-state index contributed by atoms with van der Waals surface area (Å²) in [5.74, 6) is 0. The van der Waals surface area contributed by atoms with E-state index in [-0.39, 0.29) is 0 Å². The van der Waals surface area contributed by atoms with Crippen LogP contribution >= 0.6 is 11.3 Å². The van der Waals surface area contributed by atoms with Gasteiger partial charge in [-0.1, -0.05) is 12.1 Å². The van der Waals surface area contributed by atoms with Gasteiger partial charge in [-0.05, 0) is 24.3 Å². The predicted octanol–water partition coefficient (Wildman–Crippen LogP) is 2.66. The molecule has 16 heavy (non-hydrogen) atoms. The third-order valence-electron chi connectivity index (χ3n) is 3.11. The molecule has 1 aliphatic heterocycles. The van der Waals surface area contributed by atoms with Gasteiger partial charge in [-0.3, -0.25) is 4.90 Å². The van der Waals surface area contributed by atoms with Crippen molar-refractivity contribution in [1.82, 2.24) is 10.2 Å². The van der Waals surface area contributed by atoms with Gasteiger partial charge in [0.25, 0.3) is 0 Å². The van der Waals surface area contributed by atoms with Crippen LogP contribution in [0.3, 0.4) is 0 Å². The second-order valence-electron chi connectivity index (χ2n) is 4.18. The van der Waals surface area contributed by atoms with Gasteiger partial charge >= 0.3 is 0 Å². The van der Waals surface area contributed by atoms with E-state index in [1.54, 1.807) is 0 Å². The normalized spacial score (nSPS) is 19.5. The van der Waals surface area contributed by atoms with E-state index >= 15 is 0 Å². The zero-order valence-corrected chi connectivity index (χ0v) is 10.5. The van der Waals surface area contributed by atoms with Crippen LogP contribution in [0.4, 0.5) is 0 Å². The second-order valence-corrected chi connectivity index (χ2v) is 5.16. The lowest BCUT2D eigenvalue weighted by Gasteiger charge is -2.34. The van der Waals surface area contributed by atoms with E-state index in [1.165, 1.54) is 24.4 Å². The van der Waals surface area contributed by atoms with Crippen molar-refractivity contribution < 1.29 is 0 Å². The number of thiophene rings is 1. The summed E-state index contributed by atoms with van der Waals surface area (Å²) in [6, 6.07) is 5.02. The van der Waals surface area contributed by atoms with E-state index in [0.717, 1.165) is 19.5 Å². The minimum absolute atomic E-state index is 0.597. The first-order valence-corrected chi connectivity index (χ1v) is 6.89. The molecular weight excluding hydrogens is 216 g/mol. The average molecular weight is 236 g/mol. The minimum atomic E-state index is 0.597. The molecule has 2 heterocycles. The summed E-state index contributed by atoms with van der Waals surface area (Å²) in [5.41, 5.74) is 0. The van der Waals surface area contributed by atoms with Gasteiger partial charge < -0.3 is 5.32 Å². The number of piperazine rings is 1. The third kappa shape index (κ3) is 2.94. The molecule has 0 unspecified atom stereocenters. The molecule has 0 bridgehead atoms. The van der Waals surface area contributed by atoms with Gasteiger partial charge in [-0.2, -0.15) is 0 Å². The highest BCUT2D eigenvalue weighted by atomic mass is 32.1. The van der Waals surface area contributed by atoms with E-state index in [4.69, 9.17) is 0 Å². The zero-order chi connectivity index (χ0) is 11.2. The summed E-state index contributed by atoms with van der Waals surface area (Å²) in [5, 5.41) is 5.59. The Morgan fingerprint density at radius 3 is 2.94 bits per heavy atom. The molecule has 0 saturated carbocycles. The Balaban J connectivity index is 2.03. The van der Waals surface area contributed by atoms with E-state index in [9.17, 15) is 0 Å². The standard InChI is InChI=1S/C13H20N2S/c1-2-3-5-12(13-6-4-11-16-13)15-9-7-14-8-10-15/h2,4,6,11-12,14H,1,3,5,7-10H2/t12-/m1/s1. The van der Waals surface area contributed by atoms with Gasteiger partial charge in [0.1, 0.15) is 0 Å². The summed E-state index contributed by atoms with van der Waals surface area (Å²) in [7, 11) is 0. The van der Waals surface area contributed by atoms with Crippen LogP contribution in [0, 0.1) is 0 Å². The van der Waals surface area contributed by atoms with E-state index < -0.39 is 0 Å². The molecule has 0 radical (unpaired) electrons. The van der Waals surface area contributed by atoms with Crippen LogP contribution in [0.1, 0.15) is 23.8 Å². The van der Waals surface area contributed by atoms with E-state index in [1.807, 2.05) is 17.4 Å². The van der Waals surface area contributed by atoms with Crippen molar-refractivity contribution in [1.29, 1.82) is 0 Å². The van der Waals surface area contributed by atoms with Crippen LogP contribution in [0.5, 0.6) is 0 Å². The van der Waals surface area contributed by atoms with Crippen molar-refractivity contribution >= 4 is 11.3 Å². The lowest BCUT2D eigenvalue weighted by Crippen LogP contribution is -2.45. The van der Waals surface area contributed by atoms with E-state index in [0.29, 0.717) is 6.04 Å². The first-order chi connectivity index (χ1) is 7.92. The molecule has 3 heteroatoms. The molecule has 1 saturated heterocycles. The fourth-order valence-electron chi connectivity index (χ4n) is 2.26. The smallest absolute Gasteiger partial charge is 0.0445 e. The molecule has 0 aromatic carbocycles. The van der Waals surface area contributed by atoms with Crippen molar-refractivity contribution in [2.75, 3.05) is 26.2 Å². The maximum Gasteiger partial charge on any atom is 0.0445 e. The Morgan fingerprint density at radius 1 is 1.50 bits per heavy atom. The van der Waals surface area contributed by atoms with Crippen molar-refractivity contribution in [2.45, 2.75) is 18.9 Å². The molecule has 2 rings (SSSR count). The number of hydrogen-bond acceptors (Lipinski definition) is 3. The highest BCUT2D eigenvalue weighted by Crippen LogP contribution is 2.29. The van der Waals surface area contributed by atoms with Gasteiger partial charge in [0.2, 0.25) is 0 Å². The molecule has 1 aromatic rings. The van der Waals surface area contributed by atoms with Crippen LogP contribution in [-0.4, -0.2) is 31.1 Å². The van der Waals surface area contributed by atoms with Crippen molar-refractivity contribution in [3.8, 4) is 0 Å². The Hall–Kier alpha value is -0.640. The molecule has 0 aliphatic carbocycles. The van der Waals surface area contributed by atoms with Gasteiger partial charge in [0.15, 0.2) is 0 Å². The maximum absolute atomic E-state index is 3.83. The van der Waals surface area contributed by atoms with Crippen molar-refractivity contribution in [2.24, 2.45) is 0 Å². The lowest BCUT2D eigenvalue weighted by atomic mass is 10.1. The van der Waals surface area contributed by atoms with Crippen LogP contribution in [0.2, 0.25) is 0 Å². The van der Waals surface area contributed by atoms with Gasteiger partial charge in [0.05, 0.1) is 0 Å². The second kappa shape index (κ2) is 6.18. The maximum atomic E-state index is 3.83. The Kier molecular flexibility index (Phi) is 4.57. The quantitative estimate of drug-likeness (QED) is 0.791. The summed E-state index contributed by atoms with van der Waals surface area (Å²) in [6.45, 7) is 8.41. The highest BCUT2D eigenvalue weighted by molar-refractivity contribution is 7.10. The molecule has 1 N–H and O–H groups in total. The molecule has 88 valence electrons. The Morgan fingerprint density at radius 2 is 2.31 bits per heavy atom. The number of nitrogens with one attached hydrogen (secondary N) is 1. The third-order valence-corrected chi connectivity index (χ3v) is 4.08. The van der Waals surface area contributed by atoms with Crippen LogP contribution in [0.15, 0.2) is 30.2 Å². The molecule has 0 spiro atoms. The minimum Gasteiger partial charge on any atom is -0.314 e. The molecule has 0 amide bonds. The van der Waals surface area contributed by atoms with Crippen LogP contribution in [-0.2, 0) is 0 Å². The predicted molar refractivity (Wildman–Crippen MR) is 70.9 cm³/mol. The van der Waals surface area contributed by atoms with Gasteiger partial charge in [-0.15, -0.1) is 17.9 Å². The molecular formula is C13H20N2S. The summed E-state index contributed by atoms with van der Waals surface area (Å²) >= 11 is 1.88. The molecule has 2 nitrogen and oxygen atoms in total. The number of nitrogens with zero attached hydrogens (tertiary/aromatic N) is 1. The number of rotatable bonds is 5. The van der Waals surface area contributed by atoms with Gasteiger partial charge in [0, 0.05) is 37.1 Å². The fourth-order valence-corrected chi connectivity index (χ4v) is 3.15. The Bertz CT molecular complexity index is 302. The first kappa shape index (κ1) is 11.8. The summed E-state index contributed by atoms with van der Waals surface area (Å²) < 4.78 is 0. The largest absolute Gasteiger partial charge is 0.314 e. The molecule has 1 fully saturated rings. The highest BCUT2D eigenvalue weighted by Gasteiger charge is 2.21. The van der Waals surface area contributed by atoms with Crippen molar-refractivity contribution in [3.63, 3.8) is 0 Å². The molecule has 1 atom stereocenters. The zero-order valence-electron chi connectivity index (χ0n) is 9.69. The first-order valence-electron chi connectivity index (χ1n) is 6.01. The fraction of sp³-hybridized carbons (Fsp3) is 0.538. The van der Waals surface area contributed by atoms with Crippen LogP contribution in [0.25, 0.3) is 0 Å². The molecule has 1 aromatic heterocycles. The van der Waals surface area contributed by atoms with Crippen molar-refractivity contribution in [3.05, 3.63) is 35.0 Å². The van der Waals surface area contributed by atoms with Crippen LogP contribution < -0.4 is 5.32 Å².